The van der Waals surface area contributed by atoms with Gasteiger partial charge in [-0.25, -0.2) is 4.79 Å². The van der Waals surface area contributed by atoms with Crippen molar-refractivity contribution in [2.24, 2.45) is 0 Å². The second kappa shape index (κ2) is 8.07. The molecule has 0 aliphatic heterocycles. The minimum atomic E-state index is -1.08. The molecule has 0 bridgehead atoms. The Bertz CT molecular complexity index is 952. The molecule has 5 nitrogen and oxygen atoms in total. The highest BCUT2D eigenvalue weighted by molar-refractivity contribution is 5.99. The first-order chi connectivity index (χ1) is 12.6. The number of nitrogens with one attached hydrogen (secondary N) is 1. The van der Waals surface area contributed by atoms with Crippen LogP contribution in [0.2, 0.25) is 0 Å². The Balaban J connectivity index is 1.69. The van der Waals surface area contributed by atoms with Crippen molar-refractivity contribution in [1.29, 1.82) is 0 Å². The van der Waals surface area contributed by atoms with Crippen molar-refractivity contribution in [3.63, 3.8) is 0 Å². The number of pyridine rings is 1. The van der Waals surface area contributed by atoms with E-state index in [1.54, 1.807) is 12.1 Å². The fourth-order valence-corrected chi connectivity index (χ4v) is 2.56. The van der Waals surface area contributed by atoms with Crippen LogP contribution in [0.4, 0.5) is 0 Å². The monoisotopic (exact) mass is 346 g/mol. The average Bonchev–Trinajstić information content (AvgIpc) is 2.67. The minimum absolute atomic E-state index is 0.191. The van der Waals surface area contributed by atoms with E-state index in [4.69, 9.17) is 0 Å². The molecule has 3 rings (SSSR count). The van der Waals surface area contributed by atoms with Gasteiger partial charge in [0.2, 0.25) is 0 Å². The molecule has 0 fully saturated rings. The second-order valence-corrected chi connectivity index (χ2v) is 5.83. The smallest absolute Gasteiger partial charge is 0.326 e. The predicted molar refractivity (Wildman–Crippen MR) is 101 cm³/mol. The van der Waals surface area contributed by atoms with Gasteiger partial charge in [0, 0.05) is 11.6 Å². The van der Waals surface area contributed by atoms with E-state index in [-0.39, 0.29) is 6.42 Å². The number of aromatic nitrogens is 1. The molecule has 0 unspecified atom stereocenters. The largest absolute Gasteiger partial charge is 0.480 e. The van der Waals surface area contributed by atoms with E-state index in [1.165, 1.54) is 6.20 Å². The molecular weight excluding hydrogens is 328 g/mol. The lowest BCUT2D eigenvalue weighted by Gasteiger charge is -2.13. The Morgan fingerprint density at radius 2 is 1.81 bits per heavy atom. The number of hydrogen-bond acceptors (Lipinski definition) is 3. The fraction of sp³-hybridized carbons (Fsp3) is 0.0952. The van der Waals surface area contributed by atoms with Gasteiger partial charge in [-0.3, -0.25) is 9.78 Å². The van der Waals surface area contributed by atoms with E-state index < -0.39 is 17.9 Å². The molecule has 1 aromatic heterocycles. The zero-order valence-electron chi connectivity index (χ0n) is 14.0. The van der Waals surface area contributed by atoms with E-state index in [0.717, 1.165) is 16.5 Å². The van der Waals surface area contributed by atoms with Crippen LogP contribution in [0.25, 0.3) is 17.0 Å². The number of hydrogen-bond donors (Lipinski definition) is 2. The normalized spacial score (nSPS) is 12.2. The summed E-state index contributed by atoms with van der Waals surface area (Å²) in [5.41, 5.74) is 2.09. The van der Waals surface area contributed by atoms with Gasteiger partial charge in [-0.1, -0.05) is 60.7 Å². The Hall–Kier alpha value is -3.47. The van der Waals surface area contributed by atoms with Crippen LogP contribution in [0.5, 0.6) is 0 Å². The molecule has 3 aromatic rings. The summed E-state index contributed by atoms with van der Waals surface area (Å²) in [5.74, 6) is -1.53. The molecule has 0 aliphatic carbocycles. The highest BCUT2D eigenvalue weighted by atomic mass is 16.4. The first kappa shape index (κ1) is 17.4. The van der Waals surface area contributed by atoms with Crippen LogP contribution in [-0.4, -0.2) is 28.0 Å². The molecule has 2 aromatic carbocycles. The van der Waals surface area contributed by atoms with Gasteiger partial charge < -0.3 is 10.4 Å². The van der Waals surface area contributed by atoms with Crippen LogP contribution in [0.15, 0.2) is 72.9 Å². The molecular formula is C21H18N2O3. The van der Waals surface area contributed by atoms with Crippen molar-refractivity contribution in [1.82, 2.24) is 10.3 Å². The van der Waals surface area contributed by atoms with Crippen LogP contribution in [0.1, 0.15) is 22.3 Å². The summed E-state index contributed by atoms with van der Waals surface area (Å²) in [6.07, 6.45) is 5.22. The lowest BCUT2D eigenvalue weighted by Crippen LogP contribution is -2.40. The number of nitrogens with zero attached hydrogens (tertiary/aromatic N) is 1. The van der Waals surface area contributed by atoms with Crippen LogP contribution in [0, 0.1) is 0 Å². The van der Waals surface area contributed by atoms with Gasteiger partial charge >= 0.3 is 5.97 Å². The second-order valence-electron chi connectivity index (χ2n) is 5.83. The molecule has 2 N–H and O–H groups in total. The van der Waals surface area contributed by atoms with Crippen LogP contribution >= 0.6 is 0 Å². The zero-order chi connectivity index (χ0) is 18.4. The highest BCUT2D eigenvalue weighted by Gasteiger charge is 2.19. The number of carbonyl (C=O) groups excluding carboxylic acids is 1. The third-order valence-corrected chi connectivity index (χ3v) is 3.94. The fourth-order valence-electron chi connectivity index (χ4n) is 2.56. The van der Waals surface area contributed by atoms with Crippen LogP contribution < -0.4 is 5.32 Å². The number of amides is 1. The number of carboxylic acid groups (broad SMARTS) is 1. The van der Waals surface area contributed by atoms with Crippen molar-refractivity contribution in [3.8, 4) is 0 Å². The summed E-state index contributed by atoms with van der Waals surface area (Å²) in [4.78, 5) is 28.1. The highest BCUT2D eigenvalue weighted by Crippen LogP contribution is 2.13. The van der Waals surface area contributed by atoms with Crippen molar-refractivity contribution >= 4 is 28.9 Å². The van der Waals surface area contributed by atoms with Crippen molar-refractivity contribution in [3.05, 3.63) is 84.1 Å². The summed E-state index contributed by atoms with van der Waals surface area (Å²) in [6, 6.07) is 17.7. The number of carbonyl (C=O) groups is 2. The van der Waals surface area contributed by atoms with Crippen LogP contribution in [-0.2, 0) is 4.79 Å². The summed E-state index contributed by atoms with van der Waals surface area (Å²) >= 11 is 0. The molecule has 26 heavy (non-hydrogen) atoms. The van der Waals surface area contributed by atoms with Crippen molar-refractivity contribution in [2.75, 3.05) is 0 Å². The Morgan fingerprint density at radius 3 is 2.58 bits per heavy atom. The number of benzene rings is 2. The van der Waals surface area contributed by atoms with Gasteiger partial charge in [-0.15, -0.1) is 0 Å². The average molecular weight is 346 g/mol. The Kier molecular flexibility index (Phi) is 5.39. The van der Waals surface area contributed by atoms with E-state index in [9.17, 15) is 14.7 Å². The van der Waals surface area contributed by atoms with E-state index in [2.05, 4.69) is 10.3 Å². The molecule has 130 valence electrons. The van der Waals surface area contributed by atoms with Gasteiger partial charge in [0.25, 0.3) is 5.91 Å². The lowest BCUT2D eigenvalue weighted by atomic mass is 10.1. The summed E-state index contributed by atoms with van der Waals surface area (Å²) in [5, 5.41) is 12.8. The van der Waals surface area contributed by atoms with Gasteiger partial charge in [0.1, 0.15) is 6.04 Å². The maximum atomic E-state index is 12.4. The third-order valence-electron chi connectivity index (χ3n) is 3.94. The van der Waals surface area contributed by atoms with Crippen molar-refractivity contribution < 1.29 is 14.7 Å². The number of para-hydroxylation sites is 1. The molecule has 1 amide bonds. The third kappa shape index (κ3) is 4.33. The summed E-state index contributed by atoms with van der Waals surface area (Å²) in [6.45, 7) is 0. The van der Waals surface area contributed by atoms with E-state index in [1.807, 2.05) is 60.7 Å². The topological polar surface area (TPSA) is 79.3 Å². The van der Waals surface area contributed by atoms with Crippen LogP contribution in [0.3, 0.4) is 0 Å². The lowest BCUT2D eigenvalue weighted by molar-refractivity contribution is -0.139. The number of fused-ring (bicyclic) bond motifs is 1. The first-order valence-corrected chi connectivity index (χ1v) is 8.23. The van der Waals surface area contributed by atoms with E-state index in [0.29, 0.717) is 5.56 Å². The maximum Gasteiger partial charge on any atom is 0.326 e. The molecule has 1 atom stereocenters. The van der Waals surface area contributed by atoms with Crippen molar-refractivity contribution in [2.45, 2.75) is 12.5 Å². The van der Waals surface area contributed by atoms with Gasteiger partial charge in [0.05, 0.1) is 11.1 Å². The molecule has 0 saturated carbocycles. The van der Waals surface area contributed by atoms with Gasteiger partial charge in [-0.2, -0.15) is 0 Å². The molecule has 0 saturated heterocycles. The maximum absolute atomic E-state index is 12.4. The summed E-state index contributed by atoms with van der Waals surface area (Å²) < 4.78 is 0. The quantitative estimate of drug-likeness (QED) is 0.716. The minimum Gasteiger partial charge on any atom is -0.480 e. The first-order valence-electron chi connectivity index (χ1n) is 8.23. The molecule has 1 heterocycles. The van der Waals surface area contributed by atoms with Gasteiger partial charge in [0.15, 0.2) is 0 Å². The summed E-state index contributed by atoms with van der Waals surface area (Å²) in [7, 11) is 0. The number of aliphatic carboxylic acids is 1. The molecule has 0 spiro atoms. The molecule has 0 radical (unpaired) electrons. The molecule has 5 heteroatoms. The standard InChI is InChI=1S/C21H18N2O3/c24-20(17-13-16-10-4-5-11-18(16)22-14-17)23-19(21(25)26)12-6-9-15-7-2-1-3-8-15/h1-11,13-14,19H,12H2,(H,23,24)(H,25,26)/b9-6+/t19-/m1/s1. The Morgan fingerprint density at radius 1 is 1.08 bits per heavy atom. The van der Waals surface area contributed by atoms with Gasteiger partial charge in [-0.05, 0) is 24.1 Å². The van der Waals surface area contributed by atoms with E-state index >= 15 is 0 Å². The number of carboxylic acids is 1. The number of rotatable bonds is 6. The predicted octanol–water partition coefficient (Wildman–Crippen LogP) is 3.52. The zero-order valence-corrected chi connectivity index (χ0v) is 14.0. The Labute approximate surface area is 151 Å². The SMILES string of the molecule is O=C(N[C@H](C/C=C/c1ccccc1)C(=O)O)c1cnc2ccccc2c1. The molecule has 0 aliphatic rings.